The molecule has 2 aliphatic rings. The Balaban J connectivity index is 0.000000212. The Kier molecular flexibility index (Phi) is 18.2. The molecule has 8 rings (SSSR count). The molecule has 0 radical (unpaired) electrons. The van der Waals surface area contributed by atoms with E-state index in [0.29, 0.717) is 62.1 Å². The number of carbonyl (C=O) groups is 2. The first kappa shape index (κ1) is 50.9. The number of urea groups is 1. The van der Waals surface area contributed by atoms with Crippen LogP contribution in [0.5, 0.6) is 18.0 Å². The molecule has 1 aliphatic heterocycles. The van der Waals surface area contributed by atoms with Crippen molar-refractivity contribution < 1.29 is 28.5 Å². The number of nitrogens with zero attached hydrogens (tertiary/aromatic N) is 9. The van der Waals surface area contributed by atoms with Crippen molar-refractivity contribution in [2.24, 2.45) is 5.92 Å². The van der Waals surface area contributed by atoms with E-state index in [4.69, 9.17) is 30.4 Å². The first-order valence-electron chi connectivity index (χ1n) is 24.5. The molecular weight excluding hydrogens is 897 g/mol. The zero-order valence-corrected chi connectivity index (χ0v) is 40.9. The summed E-state index contributed by atoms with van der Waals surface area (Å²) in [6, 6.07) is 16.6. The lowest BCUT2D eigenvalue weighted by Gasteiger charge is -2.23. The number of amides is 3. The maximum Gasteiger partial charge on any atom is 0.415 e. The predicted octanol–water partition coefficient (Wildman–Crippen LogP) is 5.84. The van der Waals surface area contributed by atoms with Gasteiger partial charge in [-0.15, -0.1) is 0 Å². The second-order valence-electron chi connectivity index (χ2n) is 17.6. The average molecular weight is 965 g/mol. The zero-order chi connectivity index (χ0) is 49.4. The Morgan fingerprint density at radius 1 is 0.757 bits per heavy atom. The van der Waals surface area contributed by atoms with Crippen molar-refractivity contribution in [3.05, 3.63) is 81.3 Å². The van der Waals surface area contributed by atoms with Crippen molar-refractivity contribution in [1.82, 2.24) is 59.5 Å². The highest BCUT2D eigenvalue weighted by atomic mass is 16.6. The Labute approximate surface area is 407 Å². The number of nitrogens with one attached hydrogen (secondary N) is 3. The summed E-state index contributed by atoms with van der Waals surface area (Å²) in [5.74, 6) is 0.883. The van der Waals surface area contributed by atoms with Gasteiger partial charge in [0.1, 0.15) is 12.1 Å². The van der Waals surface area contributed by atoms with Gasteiger partial charge in [0.05, 0.1) is 26.3 Å². The number of nitrogens with two attached hydrogens (primary N) is 2. The van der Waals surface area contributed by atoms with Gasteiger partial charge in [0, 0.05) is 39.8 Å². The van der Waals surface area contributed by atoms with E-state index >= 15 is 0 Å². The minimum absolute atomic E-state index is 0.0223. The fraction of sp³-hybridized carbons (Fsp3) is 0.510. The molecule has 376 valence electrons. The number of nitrogen functional groups attached to an aromatic ring is 2. The summed E-state index contributed by atoms with van der Waals surface area (Å²) in [5.41, 5.74) is 17.7. The highest BCUT2D eigenvalue weighted by molar-refractivity contribution is 5.84. The summed E-state index contributed by atoms with van der Waals surface area (Å²) in [7, 11) is 1.57. The fourth-order valence-electron chi connectivity index (χ4n) is 8.18. The molecule has 5 heterocycles. The van der Waals surface area contributed by atoms with Crippen LogP contribution in [-0.2, 0) is 30.9 Å². The summed E-state index contributed by atoms with van der Waals surface area (Å²) < 4.78 is 25.0. The topological polar surface area (TPSA) is 261 Å². The third kappa shape index (κ3) is 14.1. The molecule has 0 spiro atoms. The number of anilines is 2. The van der Waals surface area contributed by atoms with E-state index in [1.807, 2.05) is 42.2 Å². The third-order valence-electron chi connectivity index (χ3n) is 11.9. The van der Waals surface area contributed by atoms with Gasteiger partial charge in [0.25, 0.3) is 0 Å². The van der Waals surface area contributed by atoms with E-state index < -0.39 is 6.09 Å². The molecular formula is C49H68N14O7. The van der Waals surface area contributed by atoms with E-state index in [9.17, 15) is 14.4 Å². The molecule has 0 bridgehead atoms. The van der Waals surface area contributed by atoms with E-state index in [-0.39, 0.29) is 60.1 Å². The molecule has 1 saturated heterocycles. The van der Waals surface area contributed by atoms with Gasteiger partial charge in [-0.3, -0.25) is 14.0 Å². The smallest absolute Gasteiger partial charge is 0.415 e. The number of H-pyrrole nitrogens is 1. The van der Waals surface area contributed by atoms with Crippen molar-refractivity contribution in [2.75, 3.05) is 71.1 Å². The lowest BCUT2D eigenvalue weighted by atomic mass is 10.1. The molecule has 0 atom stereocenters. The normalized spacial score (nSPS) is 13.9. The highest BCUT2D eigenvalue weighted by Gasteiger charge is 2.27. The SMILES string of the molecule is CCCCOc1nc(N)c2[nH]c(=O)n(Cc3cccc(CN4CCCCCC4)c3)c2n1.CCNC(=O)Oc1nc2c(N)nc(OCCOC)nc2n1Cc1cccc(CN(CC2CC2)C(=O)NCC)c1. The molecule has 4 aromatic heterocycles. The van der Waals surface area contributed by atoms with Crippen LogP contribution >= 0.6 is 0 Å². The number of ether oxygens (including phenoxy) is 4. The van der Waals surface area contributed by atoms with Crippen LogP contribution in [-0.4, -0.2) is 121 Å². The molecule has 21 heteroatoms. The summed E-state index contributed by atoms with van der Waals surface area (Å²) in [5, 5.41) is 5.51. The Morgan fingerprint density at radius 2 is 1.39 bits per heavy atom. The number of rotatable bonds is 21. The monoisotopic (exact) mass is 965 g/mol. The minimum Gasteiger partial charge on any atom is -0.463 e. The molecule has 1 saturated carbocycles. The predicted molar refractivity (Wildman–Crippen MR) is 267 cm³/mol. The number of fused-ring (bicyclic) bond motifs is 2. The van der Waals surface area contributed by atoms with Crippen LogP contribution in [0, 0.1) is 5.92 Å². The van der Waals surface area contributed by atoms with Crippen molar-refractivity contribution >= 4 is 46.1 Å². The van der Waals surface area contributed by atoms with Crippen LogP contribution in [0.15, 0.2) is 53.3 Å². The maximum absolute atomic E-state index is 12.7. The van der Waals surface area contributed by atoms with E-state index in [1.165, 1.54) is 31.2 Å². The molecule has 6 aromatic rings. The number of imidazole rings is 2. The molecule has 21 nitrogen and oxygen atoms in total. The minimum atomic E-state index is -0.649. The highest BCUT2D eigenvalue weighted by Crippen LogP contribution is 2.31. The van der Waals surface area contributed by atoms with Gasteiger partial charge < -0.3 is 50.9 Å². The molecule has 3 amide bonds. The van der Waals surface area contributed by atoms with Crippen molar-refractivity contribution in [3.8, 4) is 18.0 Å². The van der Waals surface area contributed by atoms with Crippen LogP contribution in [0.1, 0.15) is 94.4 Å². The van der Waals surface area contributed by atoms with E-state index in [0.717, 1.165) is 68.6 Å². The molecule has 1 aliphatic carbocycles. The largest absolute Gasteiger partial charge is 0.463 e. The van der Waals surface area contributed by atoms with Gasteiger partial charge in [-0.1, -0.05) is 74.7 Å². The Bertz CT molecular complexity index is 2730. The molecule has 70 heavy (non-hydrogen) atoms. The van der Waals surface area contributed by atoms with Gasteiger partial charge in [-0.05, 0) is 87.2 Å². The van der Waals surface area contributed by atoms with E-state index in [1.54, 1.807) is 23.2 Å². The van der Waals surface area contributed by atoms with Crippen LogP contribution in [0.25, 0.3) is 22.3 Å². The second-order valence-corrected chi connectivity index (χ2v) is 17.6. The van der Waals surface area contributed by atoms with Crippen LogP contribution in [0.4, 0.5) is 21.2 Å². The summed E-state index contributed by atoms with van der Waals surface area (Å²) in [6.07, 6.45) is 8.78. The summed E-state index contributed by atoms with van der Waals surface area (Å²) in [4.78, 5) is 66.5. The van der Waals surface area contributed by atoms with Crippen LogP contribution in [0.3, 0.4) is 0 Å². The van der Waals surface area contributed by atoms with Gasteiger partial charge in [-0.2, -0.15) is 24.9 Å². The summed E-state index contributed by atoms with van der Waals surface area (Å²) >= 11 is 0. The number of hydrogen-bond acceptors (Lipinski definition) is 15. The third-order valence-corrected chi connectivity index (χ3v) is 11.9. The molecule has 0 unspecified atom stereocenters. The lowest BCUT2D eigenvalue weighted by Crippen LogP contribution is -2.40. The first-order valence-corrected chi connectivity index (χ1v) is 24.5. The zero-order valence-electron chi connectivity index (χ0n) is 40.9. The summed E-state index contributed by atoms with van der Waals surface area (Å²) in [6.45, 7) is 13.0. The average Bonchev–Trinajstić information content (AvgIpc) is 4.09. The fourth-order valence-corrected chi connectivity index (χ4v) is 8.18. The molecule has 7 N–H and O–H groups in total. The van der Waals surface area contributed by atoms with E-state index in [2.05, 4.69) is 70.6 Å². The lowest BCUT2D eigenvalue weighted by molar-refractivity contribution is 0.141. The van der Waals surface area contributed by atoms with Gasteiger partial charge >= 0.3 is 35.8 Å². The number of aromatic nitrogens is 8. The first-order chi connectivity index (χ1) is 34.0. The Morgan fingerprint density at radius 3 is 2.06 bits per heavy atom. The molecule has 2 fully saturated rings. The number of methoxy groups -OCH3 is 1. The maximum atomic E-state index is 12.7. The van der Waals surface area contributed by atoms with Crippen LogP contribution < -0.4 is 42.0 Å². The van der Waals surface area contributed by atoms with Crippen LogP contribution in [0.2, 0.25) is 0 Å². The number of hydrogen-bond donors (Lipinski definition) is 5. The number of aromatic amines is 1. The molecule has 2 aromatic carbocycles. The van der Waals surface area contributed by atoms with Crippen molar-refractivity contribution in [1.29, 1.82) is 0 Å². The quantitative estimate of drug-likeness (QED) is 0.0531. The number of benzene rings is 2. The number of carbonyl (C=O) groups excluding carboxylic acids is 2. The van der Waals surface area contributed by atoms with Gasteiger partial charge in [-0.25, -0.2) is 14.4 Å². The van der Waals surface area contributed by atoms with Crippen molar-refractivity contribution in [2.45, 2.75) is 98.3 Å². The number of unbranched alkanes of at least 4 members (excludes halogenated alkanes) is 1. The van der Waals surface area contributed by atoms with Gasteiger partial charge in [0.15, 0.2) is 28.4 Å². The van der Waals surface area contributed by atoms with Gasteiger partial charge in [0.2, 0.25) is 0 Å². The standard InChI is InChI=1S/C26H36N8O5.C23H32N6O2/c1-4-28-24(35)33(14-17-9-10-17)15-18-7-6-8-19(13-18)16-34-22-20(30-25(34)39-26(36)29-5-2)21(27)31-23(32-22)38-12-11-37-3;1-2-3-13-31-22-26-20(24)19-21(27-22)29(23(30)25-19)16-18-10-8-9-17(14-18)15-28-11-6-4-5-7-12-28/h6-8,13,17H,4-5,9-12,14-16H2,1-3H3,(H,28,35)(H,29,36)(H2,27,31,32);8-10,14H,2-7,11-13,15-16H2,1H3,(H,25,30)(H2,24,26,27). The number of likely N-dealkylation sites (tertiary alicyclic amines) is 1. The second kappa shape index (κ2) is 25.0. The Hall–Kier alpha value is -7.00. The van der Waals surface area contributed by atoms with Crippen molar-refractivity contribution in [3.63, 3.8) is 0 Å².